The van der Waals surface area contributed by atoms with Crippen molar-refractivity contribution in [2.24, 2.45) is 0 Å². The normalized spacial score (nSPS) is 14.4. The SMILES string of the molecule is COc1ccc(NC(=O)N2CCN(Cc3nc4cccnc4n3-c3ccc(C)cc3)CC2)cc1. The molecule has 8 nitrogen and oxygen atoms in total. The number of carbonyl (C=O) groups excluding carboxylic acids is 1. The van der Waals surface area contributed by atoms with Gasteiger partial charge in [-0.3, -0.25) is 9.47 Å². The van der Waals surface area contributed by atoms with E-state index in [0.717, 1.165) is 47.2 Å². The quantitative estimate of drug-likeness (QED) is 0.490. The van der Waals surface area contributed by atoms with Crippen LogP contribution < -0.4 is 10.1 Å². The fourth-order valence-electron chi connectivity index (χ4n) is 4.22. The van der Waals surface area contributed by atoms with E-state index < -0.39 is 0 Å². The first-order chi connectivity index (χ1) is 16.6. The predicted molar refractivity (Wildman–Crippen MR) is 132 cm³/mol. The third kappa shape index (κ3) is 4.58. The number of nitrogens with one attached hydrogen (secondary N) is 1. The van der Waals surface area contributed by atoms with Gasteiger partial charge >= 0.3 is 6.03 Å². The molecule has 34 heavy (non-hydrogen) atoms. The van der Waals surface area contributed by atoms with Crippen molar-refractivity contribution in [3.8, 4) is 11.4 Å². The number of aryl methyl sites for hydroxylation is 1. The summed E-state index contributed by atoms with van der Waals surface area (Å²) in [6, 6.07) is 19.6. The molecule has 8 heteroatoms. The third-order valence-electron chi connectivity index (χ3n) is 6.14. The van der Waals surface area contributed by atoms with Gasteiger partial charge in [0, 0.05) is 43.8 Å². The Morgan fingerprint density at radius 1 is 1.00 bits per heavy atom. The number of piperazine rings is 1. The Labute approximate surface area is 198 Å². The van der Waals surface area contributed by atoms with Gasteiger partial charge in [0.15, 0.2) is 5.65 Å². The predicted octanol–water partition coefficient (Wildman–Crippen LogP) is 4.09. The van der Waals surface area contributed by atoms with Gasteiger partial charge in [0.25, 0.3) is 0 Å². The number of hydrogen-bond donors (Lipinski definition) is 1. The highest BCUT2D eigenvalue weighted by Crippen LogP contribution is 2.22. The van der Waals surface area contributed by atoms with Gasteiger partial charge in [0.05, 0.1) is 13.7 Å². The second kappa shape index (κ2) is 9.52. The summed E-state index contributed by atoms with van der Waals surface area (Å²) in [6.07, 6.45) is 1.80. The lowest BCUT2D eigenvalue weighted by atomic mass is 10.2. The molecule has 1 saturated heterocycles. The average Bonchev–Trinajstić information content (AvgIpc) is 3.23. The molecule has 0 saturated carbocycles. The molecule has 1 fully saturated rings. The van der Waals surface area contributed by atoms with Gasteiger partial charge in [-0.15, -0.1) is 0 Å². The van der Waals surface area contributed by atoms with Crippen molar-refractivity contribution < 1.29 is 9.53 Å². The minimum Gasteiger partial charge on any atom is -0.497 e. The number of amides is 2. The molecular formula is C26H28N6O2. The summed E-state index contributed by atoms with van der Waals surface area (Å²) in [5, 5.41) is 2.97. The van der Waals surface area contributed by atoms with Crippen LogP contribution in [0, 0.1) is 6.92 Å². The molecule has 0 radical (unpaired) electrons. The Kier molecular flexibility index (Phi) is 6.14. The Morgan fingerprint density at radius 2 is 1.74 bits per heavy atom. The van der Waals surface area contributed by atoms with Crippen LogP contribution in [0.1, 0.15) is 11.4 Å². The molecule has 1 aliphatic rings. The van der Waals surface area contributed by atoms with E-state index in [2.05, 4.69) is 51.0 Å². The van der Waals surface area contributed by atoms with E-state index >= 15 is 0 Å². The largest absolute Gasteiger partial charge is 0.497 e. The van der Waals surface area contributed by atoms with E-state index in [1.54, 1.807) is 13.3 Å². The Morgan fingerprint density at radius 3 is 2.44 bits per heavy atom. The summed E-state index contributed by atoms with van der Waals surface area (Å²) < 4.78 is 7.31. The smallest absolute Gasteiger partial charge is 0.321 e. The summed E-state index contributed by atoms with van der Waals surface area (Å²) in [6.45, 7) is 5.65. The summed E-state index contributed by atoms with van der Waals surface area (Å²) in [4.78, 5) is 26.4. The van der Waals surface area contributed by atoms with Gasteiger partial charge in [-0.05, 0) is 55.5 Å². The maximum Gasteiger partial charge on any atom is 0.321 e. The second-order valence-electron chi connectivity index (χ2n) is 8.47. The molecule has 174 valence electrons. The van der Waals surface area contributed by atoms with Gasteiger partial charge < -0.3 is 15.0 Å². The number of fused-ring (bicyclic) bond motifs is 1. The third-order valence-corrected chi connectivity index (χ3v) is 6.14. The first-order valence-electron chi connectivity index (χ1n) is 11.4. The van der Waals surface area contributed by atoms with E-state index in [0.29, 0.717) is 19.6 Å². The van der Waals surface area contributed by atoms with E-state index in [1.807, 2.05) is 41.3 Å². The summed E-state index contributed by atoms with van der Waals surface area (Å²) in [5.41, 5.74) is 4.77. The van der Waals surface area contributed by atoms with Gasteiger partial charge in [0.2, 0.25) is 0 Å². The van der Waals surface area contributed by atoms with Crippen LogP contribution in [0.2, 0.25) is 0 Å². The first-order valence-corrected chi connectivity index (χ1v) is 11.4. The van der Waals surface area contributed by atoms with Crippen LogP contribution >= 0.6 is 0 Å². The lowest BCUT2D eigenvalue weighted by Crippen LogP contribution is -2.49. The van der Waals surface area contributed by atoms with Crippen molar-refractivity contribution in [2.75, 3.05) is 38.6 Å². The molecule has 0 atom stereocenters. The van der Waals surface area contributed by atoms with Crippen LogP contribution in [0.4, 0.5) is 10.5 Å². The number of carbonyl (C=O) groups is 1. The number of pyridine rings is 1. The number of anilines is 1. The molecule has 2 aromatic carbocycles. The topological polar surface area (TPSA) is 75.5 Å². The molecule has 4 aromatic rings. The minimum atomic E-state index is -0.0825. The van der Waals surface area contributed by atoms with Crippen molar-refractivity contribution in [3.05, 3.63) is 78.2 Å². The van der Waals surface area contributed by atoms with Crippen LogP contribution in [0.3, 0.4) is 0 Å². The van der Waals surface area contributed by atoms with Gasteiger partial charge in [-0.2, -0.15) is 0 Å². The number of imidazole rings is 1. The highest BCUT2D eigenvalue weighted by Gasteiger charge is 2.23. The number of benzene rings is 2. The van der Waals surface area contributed by atoms with E-state index in [-0.39, 0.29) is 6.03 Å². The van der Waals surface area contributed by atoms with Gasteiger partial charge in [-0.1, -0.05) is 17.7 Å². The standard InChI is InChI=1S/C26H28N6O2/c1-19-5-9-21(10-6-19)32-24(29-23-4-3-13-27-25(23)32)18-30-14-16-31(17-15-30)26(33)28-20-7-11-22(34-2)12-8-20/h3-13H,14-18H2,1-2H3,(H,28,33). The van der Waals surface area contributed by atoms with Crippen LogP contribution in [-0.2, 0) is 6.54 Å². The number of methoxy groups -OCH3 is 1. The van der Waals surface area contributed by atoms with Crippen molar-refractivity contribution >= 4 is 22.9 Å². The Bertz CT molecular complexity index is 1280. The van der Waals surface area contributed by atoms with Crippen molar-refractivity contribution in [3.63, 3.8) is 0 Å². The van der Waals surface area contributed by atoms with E-state index in [9.17, 15) is 4.79 Å². The number of rotatable bonds is 5. The van der Waals surface area contributed by atoms with Crippen molar-refractivity contribution in [1.82, 2.24) is 24.3 Å². The minimum absolute atomic E-state index is 0.0825. The van der Waals surface area contributed by atoms with Crippen LogP contribution in [0.15, 0.2) is 66.9 Å². The first kappa shape index (κ1) is 21.9. The molecular weight excluding hydrogens is 428 g/mol. The molecule has 2 amide bonds. The zero-order valence-electron chi connectivity index (χ0n) is 19.4. The van der Waals surface area contributed by atoms with Gasteiger partial charge in [-0.25, -0.2) is 14.8 Å². The lowest BCUT2D eigenvalue weighted by molar-refractivity contribution is 0.140. The molecule has 1 aliphatic heterocycles. The van der Waals surface area contributed by atoms with Crippen molar-refractivity contribution in [2.45, 2.75) is 13.5 Å². The highest BCUT2D eigenvalue weighted by molar-refractivity contribution is 5.89. The highest BCUT2D eigenvalue weighted by atomic mass is 16.5. The molecule has 1 N–H and O–H groups in total. The summed E-state index contributed by atoms with van der Waals surface area (Å²) in [7, 11) is 1.62. The van der Waals surface area contributed by atoms with E-state index in [4.69, 9.17) is 9.72 Å². The summed E-state index contributed by atoms with van der Waals surface area (Å²) in [5.74, 6) is 1.71. The average molecular weight is 457 g/mol. The molecule has 2 aromatic heterocycles. The monoisotopic (exact) mass is 456 g/mol. The number of nitrogens with zero attached hydrogens (tertiary/aromatic N) is 5. The van der Waals surface area contributed by atoms with Gasteiger partial charge in [0.1, 0.15) is 17.1 Å². The van der Waals surface area contributed by atoms with Crippen LogP contribution in [0.25, 0.3) is 16.9 Å². The zero-order valence-corrected chi connectivity index (χ0v) is 19.4. The van der Waals surface area contributed by atoms with Crippen LogP contribution in [-0.4, -0.2) is 63.7 Å². The molecule has 0 spiro atoms. The molecule has 0 unspecified atom stereocenters. The molecule has 3 heterocycles. The number of aromatic nitrogens is 3. The van der Waals surface area contributed by atoms with E-state index in [1.165, 1.54) is 5.56 Å². The number of hydrogen-bond acceptors (Lipinski definition) is 5. The number of ether oxygens (including phenoxy) is 1. The molecule has 5 rings (SSSR count). The number of urea groups is 1. The molecule has 0 aliphatic carbocycles. The molecule has 0 bridgehead atoms. The lowest BCUT2D eigenvalue weighted by Gasteiger charge is -2.34. The second-order valence-corrected chi connectivity index (χ2v) is 8.47. The zero-order chi connectivity index (χ0) is 23.5. The maximum atomic E-state index is 12.7. The fourth-order valence-corrected chi connectivity index (χ4v) is 4.22. The Hall–Kier alpha value is -3.91. The maximum absolute atomic E-state index is 12.7. The van der Waals surface area contributed by atoms with Crippen LogP contribution in [0.5, 0.6) is 5.75 Å². The van der Waals surface area contributed by atoms with Crippen molar-refractivity contribution in [1.29, 1.82) is 0 Å². The fraction of sp³-hybridized carbons (Fsp3) is 0.269. The summed E-state index contributed by atoms with van der Waals surface area (Å²) >= 11 is 0. The Balaban J connectivity index is 1.26.